The van der Waals surface area contributed by atoms with E-state index in [1.807, 2.05) is 12.4 Å². The van der Waals surface area contributed by atoms with Gasteiger partial charge in [-0.2, -0.15) is 0 Å². The molecule has 2 aromatic heterocycles. The Morgan fingerprint density at radius 1 is 1.33 bits per heavy atom. The van der Waals surface area contributed by atoms with Crippen LogP contribution in [0.2, 0.25) is 0 Å². The number of hydrogen-bond acceptors (Lipinski definition) is 5. The molecule has 1 saturated heterocycles. The topological polar surface area (TPSA) is 84.4 Å². The average molecular weight is 328 g/mol. The van der Waals surface area contributed by atoms with Gasteiger partial charge in [-0.15, -0.1) is 0 Å². The number of nitrogens with two attached hydrogens (primary N) is 1. The maximum atomic E-state index is 12.1. The molecule has 1 aliphatic rings. The number of aromatic nitrogens is 1. The first kappa shape index (κ1) is 16.7. The van der Waals surface area contributed by atoms with Gasteiger partial charge in [-0.1, -0.05) is 0 Å². The molecule has 6 nitrogen and oxygen atoms in total. The first-order valence-electron chi connectivity index (χ1n) is 8.41. The minimum atomic E-state index is -0.0855. The van der Waals surface area contributed by atoms with Crippen LogP contribution in [0.25, 0.3) is 0 Å². The summed E-state index contributed by atoms with van der Waals surface area (Å²) in [6, 6.07) is 5.83. The summed E-state index contributed by atoms with van der Waals surface area (Å²) < 4.78 is 5.20. The summed E-state index contributed by atoms with van der Waals surface area (Å²) in [5, 5.41) is 3.00. The van der Waals surface area contributed by atoms with Gasteiger partial charge in [0.05, 0.1) is 12.1 Å². The lowest BCUT2D eigenvalue weighted by Crippen LogP contribution is -2.38. The smallest absolute Gasteiger partial charge is 0.254 e. The second kappa shape index (κ2) is 8.08. The molecule has 24 heavy (non-hydrogen) atoms. The van der Waals surface area contributed by atoms with E-state index in [9.17, 15) is 4.79 Å². The highest BCUT2D eigenvalue weighted by atomic mass is 16.3. The predicted molar refractivity (Wildman–Crippen MR) is 91.2 cm³/mol. The van der Waals surface area contributed by atoms with Gasteiger partial charge in [0.25, 0.3) is 5.91 Å². The zero-order valence-electron chi connectivity index (χ0n) is 13.8. The molecule has 1 aliphatic heterocycles. The van der Waals surface area contributed by atoms with Gasteiger partial charge in [-0.05, 0) is 55.6 Å². The quantitative estimate of drug-likeness (QED) is 0.844. The molecule has 0 unspecified atom stereocenters. The lowest BCUT2D eigenvalue weighted by Gasteiger charge is -2.32. The zero-order chi connectivity index (χ0) is 16.8. The summed E-state index contributed by atoms with van der Waals surface area (Å²) in [5.74, 6) is 1.07. The van der Waals surface area contributed by atoms with Crippen LogP contribution in [0.1, 0.15) is 34.5 Å². The fourth-order valence-electron chi connectivity index (χ4n) is 3.04. The summed E-state index contributed by atoms with van der Waals surface area (Å²) in [4.78, 5) is 18.6. The maximum absolute atomic E-state index is 12.1. The van der Waals surface area contributed by atoms with E-state index < -0.39 is 0 Å². The van der Waals surface area contributed by atoms with E-state index in [-0.39, 0.29) is 5.91 Å². The van der Waals surface area contributed by atoms with Gasteiger partial charge in [0.15, 0.2) is 0 Å². The summed E-state index contributed by atoms with van der Waals surface area (Å²) in [6.07, 6.45) is 7.34. The third kappa shape index (κ3) is 4.43. The Hall–Kier alpha value is -2.18. The summed E-state index contributed by atoms with van der Waals surface area (Å²) >= 11 is 0. The third-order valence-corrected chi connectivity index (χ3v) is 4.53. The van der Waals surface area contributed by atoms with E-state index in [0.29, 0.717) is 30.3 Å². The largest absolute Gasteiger partial charge is 0.467 e. The number of likely N-dealkylation sites (tertiary alicyclic amines) is 1. The van der Waals surface area contributed by atoms with Crippen molar-refractivity contribution in [3.8, 4) is 0 Å². The summed E-state index contributed by atoms with van der Waals surface area (Å²) in [7, 11) is 0. The van der Waals surface area contributed by atoms with Crippen LogP contribution < -0.4 is 11.1 Å². The third-order valence-electron chi connectivity index (χ3n) is 4.53. The van der Waals surface area contributed by atoms with E-state index >= 15 is 0 Å². The monoisotopic (exact) mass is 328 g/mol. The van der Waals surface area contributed by atoms with Gasteiger partial charge in [0.1, 0.15) is 12.0 Å². The van der Waals surface area contributed by atoms with Crippen LogP contribution in [-0.2, 0) is 13.1 Å². The molecule has 0 bridgehead atoms. The minimum absolute atomic E-state index is 0.0855. The van der Waals surface area contributed by atoms with Gasteiger partial charge < -0.3 is 15.5 Å². The molecule has 3 rings (SSSR count). The summed E-state index contributed by atoms with van der Waals surface area (Å²) in [6.45, 7) is 4.12. The highest BCUT2D eigenvalue weighted by molar-refractivity contribution is 5.93. The lowest BCUT2D eigenvalue weighted by atomic mass is 9.96. The van der Waals surface area contributed by atoms with Gasteiger partial charge in [-0.3, -0.25) is 14.7 Å². The van der Waals surface area contributed by atoms with Crippen molar-refractivity contribution < 1.29 is 9.21 Å². The number of rotatable bonds is 6. The lowest BCUT2D eigenvalue weighted by molar-refractivity contribution is 0.0934. The number of hydrogen-bond donors (Lipinski definition) is 2. The van der Waals surface area contributed by atoms with Crippen molar-refractivity contribution in [1.29, 1.82) is 0 Å². The van der Waals surface area contributed by atoms with E-state index in [1.165, 1.54) is 11.8 Å². The predicted octanol–water partition coefficient (Wildman–Crippen LogP) is 1.78. The molecule has 128 valence electrons. The van der Waals surface area contributed by atoms with Gasteiger partial charge >= 0.3 is 0 Å². The highest BCUT2D eigenvalue weighted by Gasteiger charge is 2.20. The van der Waals surface area contributed by atoms with Gasteiger partial charge in [0, 0.05) is 25.5 Å². The molecule has 3 N–H and O–H groups in total. The van der Waals surface area contributed by atoms with Crippen molar-refractivity contribution in [3.63, 3.8) is 0 Å². The van der Waals surface area contributed by atoms with Crippen LogP contribution in [-0.4, -0.2) is 35.4 Å². The Balaban J connectivity index is 1.40. The molecule has 2 aromatic rings. The molecule has 0 saturated carbocycles. The Morgan fingerprint density at radius 3 is 2.75 bits per heavy atom. The standard InChI is InChI=1S/C18H24N4O2/c19-10-17-9-16(13-24-17)18(23)21-11-14-3-7-22(8-4-14)12-15-1-5-20-6-2-15/h1-2,5-6,9,13-14H,3-4,7-8,10-12,19H2,(H,21,23). The van der Waals surface area contributed by atoms with Gasteiger partial charge in [0.2, 0.25) is 0 Å². The fourth-order valence-corrected chi connectivity index (χ4v) is 3.04. The van der Waals surface area contributed by atoms with E-state index in [0.717, 1.165) is 32.5 Å². The second-order valence-corrected chi connectivity index (χ2v) is 6.29. The SMILES string of the molecule is NCc1cc(C(=O)NCC2CCN(Cc3ccncc3)CC2)co1. The Morgan fingerprint density at radius 2 is 2.08 bits per heavy atom. The minimum Gasteiger partial charge on any atom is -0.467 e. The number of carbonyl (C=O) groups excluding carboxylic acids is 1. The molecule has 6 heteroatoms. The normalized spacial score (nSPS) is 16.2. The highest BCUT2D eigenvalue weighted by Crippen LogP contribution is 2.18. The van der Waals surface area contributed by atoms with Crippen LogP contribution in [0.5, 0.6) is 0 Å². The Labute approximate surface area is 142 Å². The molecule has 0 spiro atoms. The number of carbonyl (C=O) groups is 1. The molecule has 1 fully saturated rings. The van der Waals surface area contributed by atoms with Crippen LogP contribution >= 0.6 is 0 Å². The maximum Gasteiger partial charge on any atom is 0.254 e. The first-order valence-corrected chi connectivity index (χ1v) is 8.41. The summed E-state index contributed by atoms with van der Waals surface area (Å²) in [5.41, 5.74) is 7.33. The van der Waals surface area contributed by atoms with Crippen LogP contribution in [0.3, 0.4) is 0 Å². The number of piperidine rings is 1. The van der Waals surface area contributed by atoms with Crippen molar-refractivity contribution in [2.75, 3.05) is 19.6 Å². The Bertz CT molecular complexity index is 648. The zero-order valence-corrected chi connectivity index (χ0v) is 13.8. The number of furan rings is 1. The number of amides is 1. The van der Waals surface area contributed by atoms with Crippen LogP contribution in [0.4, 0.5) is 0 Å². The van der Waals surface area contributed by atoms with Crippen LogP contribution in [0.15, 0.2) is 41.3 Å². The number of nitrogens with one attached hydrogen (secondary N) is 1. The fraction of sp³-hybridized carbons (Fsp3) is 0.444. The van der Waals surface area contributed by atoms with Crippen molar-refractivity contribution >= 4 is 5.91 Å². The van der Waals surface area contributed by atoms with Gasteiger partial charge in [-0.25, -0.2) is 0 Å². The van der Waals surface area contributed by atoms with Crippen molar-refractivity contribution in [1.82, 2.24) is 15.2 Å². The van der Waals surface area contributed by atoms with Crippen molar-refractivity contribution in [2.45, 2.75) is 25.9 Å². The van der Waals surface area contributed by atoms with Crippen molar-refractivity contribution in [3.05, 3.63) is 53.7 Å². The molecule has 0 radical (unpaired) electrons. The van der Waals surface area contributed by atoms with E-state index in [4.69, 9.17) is 10.2 Å². The Kier molecular flexibility index (Phi) is 5.61. The molecule has 0 aliphatic carbocycles. The molecule has 3 heterocycles. The average Bonchev–Trinajstić information content (AvgIpc) is 3.11. The first-order chi connectivity index (χ1) is 11.7. The van der Waals surface area contributed by atoms with Crippen molar-refractivity contribution in [2.24, 2.45) is 11.7 Å². The van der Waals surface area contributed by atoms with Crippen LogP contribution in [0, 0.1) is 5.92 Å². The second-order valence-electron chi connectivity index (χ2n) is 6.29. The number of nitrogens with zero attached hydrogens (tertiary/aromatic N) is 2. The van der Waals surface area contributed by atoms with E-state index in [2.05, 4.69) is 27.3 Å². The molecule has 1 amide bonds. The van der Waals surface area contributed by atoms with E-state index in [1.54, 1.807) is 6.07 Å². The molecular formula is C18H24N4O2. The molecular weight excluding hydrogens is 304 g/mol. The number of pyridine rings is 1. The molecule has 0 aromatic carbocycles. The molecule has 0 atom stereocenters.